The number of benzene rings is 2. The van der Waals surface area contributed by atoms with E-state index in [1.807, 2.05) is 24.3 Å². The number of amides is 1. The molecule has 0 aliphatic rings. The number of carbonyl (C=O) groups is 1. The molecule has 0 aliphatic heterocycles. The number of sulfone groups is 1. The standard InChI is InChI=1S/C17H18N2O3S/c1-11-13(17(20)19-2)8-9-15(16(11)23(3,21)22)14-7-5-4-6-12(14)10-18/h4-9H,2,10,18H2,1,3H3. The number of nitrogens with zero attached hydrogens (tertiary/aromatic N) is 1. The third kappa shape index (κ3) is 3.23. The highest BCUT2D eigenvalue weighted by Gasteiger charge is 2.23. The molecule has 2 aromatic carbocycles. The van der Waals surface area contributed by atoms with E-state index in [0.29, 0.717) is 11.1 Å². The van der Waals surface area contributed by atoms with Crippen LogP contribution < -0.4 is 5.73 Å². The first kappa shape index (κ1) is 17.1. The lowest BCUT2D eigenvalue weighted by atomic mass is 9.95. The van der Waals surface area contributed by atoms with Gasteiger partial charge < -0.3 is 5.73 Å². The first-order valence-corrected chi connectivity index (χ1v) is 8.83. The minimum Gasteiger partial charge on any atom is -0.326 e. The first-order valence-electron chi connectivity index (χ1n) is 6.94. The molecule has 2 aromatic rings. The molecule has 0 atom stereocenters. The number of hydrogen-bond donors (Lipinski definition) is 1. The third-order valence-electron chi connectivity index (χ3n) is 3.68. The quantitative estimate of drug-likeness (QED) is 0.872. The monoisotopic (exact) mass is 330 g/mol. The predicted molar refractivity (Wildman–Crippen MR) is 91.5 cm³/mol. The minimum absolute atomic E-state index is 0.118. The van der Waals surface area contributed by atoms with Crippen LogP contribution in [0.1, 0.15) is 21.5 Å². The third-order valence-corrected chi connectivity index (χ3v) is 4.95. The van der Waals surface area contributed by atoms with Crippen molar-refractivity contribution in [2.24, 2.45) is 10.7 Å². The Labute approximate surface area is 135 Å². The van der Waals surface area contributed by atoms with Gasteiger partial charge in [0, 0.05) is 23.9 Å². The zero-order chi connectivity index (χ0) is 17.2. The van der Waals surface area contributed by atoms with Crippen molar-refractivity contribution in [1.29, 1.82) is 0 Å². The number of hydrogen-bond acceptors (Lipinski definition) is 4. The van der Waals surface area contributed by atoms with Crippen LogP contribution in [0.2, 0.25) is 0 Å². The molecular weight excluding hydrogens is 312 g/mol. The molecule has 0 heterocycles. The molecule has 1 amide bonds. The highest BCUT2D eigenvalue weighted by molar-refractivity contribution is 7.91. The summed E-state index contributed by atoms with van der Waals surface area (Å²) < 4.78 is 24.6. The average Bonchev–Trinajstić information content (AvgIpc) is 2.52. The van der Waals surface area contributed by atoms with Crippen molar-refractivity contribution in [3.05, 3.63) is 53.1 Å². The molecule has 0 unspecified atom stereocenters. The van der Waals surface area contributed by atoms with Crippen LogP contribution in [0.4, 0.5) is 0 Å². The molecule has 0 fully saturated rings. The van der Waals surface area contributed by atoms with Crippen LogP contribution in [-0.4, -0.2) is 27.3 Å². The Hall–Kier alpha value is -2.31. The van der Waals surface area contributed by atoms with Crippen LogP contribution in [0, 0.1) is 6.92 Å². The van der Waals surface area contributed by atoms with Crippen LogP contribution in [0.25, 0.3) is 11.1 Å². The van der Waals surface area contributed by atoms with Crippen LogP contribution in [-0.2, 0) is 16.4 Å². The summed E-state index contributed by atoms with van der Waals surface area (Å²) in [6.45, 7) is 5.10. The van der Waals surface area contributed by atoms with Crippen LogP contribution >= 0.6 is 0 Å². The summed E-state index contributed by atoms with van der Waals surface area (Å²) >= 11 is 0. The summed E-state index contributed by atoms with van der Waals surface area (Å²) in [6, 6.07) is 10.5. The molecule has 2 N–H and O–H groups in total. The van der Waals surface area contributed by atoms with Crippen molar-refractivity contribution in [1.82, 2.24) is 0 Å². The van der Waals surface area contributed by atoms with Gasteiger partial charge in [0.15, 0.2) is 9.84 Å². The van der Waals surface area contributed by atoms with E-state index < -0.39 is 15.7 Å². The summed E-state index contributed by atoms with van der Waals surface area (Å²) in [5, 5.41) is 0. The summed E-state index contributed by atoms with van der Waals surface area (Å²) in [6.07, 6.45) is 1.12. The SMILES string of the molecule is C=NC(=O)c1ccc(-c2ccccc2CN)c(S(C)(=O)=O)c1C. The van der Waals surface area contributed by atoms with Crippen molar-refractivity contribution in [2.75, 3.05) is 6.26 Å². The molecule has 6 heteroatoms. The van der Waals surface area contributed by atoms with Crippen molar-refractivity contribution >= 4 is 22.5 Å². The van der Waals surface area contributed by atoms with Gasteiger partial charge in [0.2, 0.25) is 0 Å². The van der Waals surface area contributed by atoms with E-state index in [9.17, 15) is 13.2 Å². The maximum Gasteiger partial charge on any atom is 0.276 e. The Kier molecular flexibility index (Phi) is 4.77. The van der Waals surface area contributed by atoms with Gasteiger partial charge >= 0.3 is 0 Å². The lowest BCUT2D eigenvalue weighted by molar-refractivity contribution is 0.100. The van der Waals surface area contributed by atoms with E-state index in [1.54, 1.807) is 19.1 Å². The smallest absolute Gasteiger partial charge is 0.276 e. The van der Waals surface area contributed by atoms with E-state index in [2.05, 4.69) is 11.7 Å². The lowest BCUT2D eigenvalue weighted by Crippen LogP contribution is -2.09. The molecule has 0 radical (unpaired) electrons. The summed E-state index contributed by atoms with van der Waals surface area (Å²) in [5.74, 6) is -0.550. The van der Waals surface area contributed by atoms with Gasteiger partial charge in [0.25, 0.3) is 5.91 Å². The predicted octanol–water partition coefficient (Wildman–Crippen LogP) is 2.37. The van der Waals surface area contributed by atoms with E-state index in [-0.39, 0.29) is 17.0 Å². The maximum absolute atomic E-state index is 12.3. The van der Waals surface area contributed by atoms with Gasteiger partial charge in [-0.05, 0) is 36.4 Å². The molecular formula is C17H18N2O3S. The molecule has 0 saturated carbocycles. The number of nitrogens with two attached hydrogens (primary N) is 1. The molecule has 5 nitrogen and oxygen atoms in total. The van der Waals surface area contributed by atoms with Crippen molar-refractivity contribution in [3.63, 3.8) is 0 Å². The summed E-state index contributed by atoms with van der Waals surface area (Å²) in [7, 11) is -3.56. The molecule has 23 heavy (non-hydrogen) atoms. The fourth-order valence-electron chi connectivity index (χ4n) is 2.66. The van der Waals surface area contributed by atoms with E-state index in [4.69, 9.17) is 5.73 Å². The van der Waals surface area contributed by atoms with Crippen molar-refractivity contribution in [2.45, 2.75) is 18.4 Å². The maximum atomic E-state index is 12.3. The van der Waals surface area contributed by atoms with Gasteiger partial charge in [-0.25, -0.2) is 13.4 Å². The Morgan fingerprint density at radius 3 is 2.39 bits per heavy atom. The number of rotatable bonds is 4. The second-order valence-corrected chi connectivity index (χ2v) is 7.16. The lowest BCUT2D eigenvalue weighted by Gasteiger charge is -2.16. The number of aliphatic imine (C=N–C) groups is 1. The Morgan fingerprint density at radius 2 is 1.83 bits per heavy atom. The Balaban J connectivity index is 2.88. The molecule has 0 spiro atoms. The normalized spacial score (nSPS) is 11.3. The number of carbonyl (C=O) groups excluding carboxylic acids is 1. The summed E-state index contributed by atoms with van der Waals surface area (Å²) in [4.78, 5) is 15.3. The van der Waals surface area contributed by atoms with Crippen molar-refractivity contribution in [3.8, 4) is 11.1 Å². The fourth-order valence-corrected chi connectivity index (χ4v) is 3.90. The largest absolute Gasteiger partial charge is 0.326 e. The minimum atomic E-state index is -3.56. The molecule has 120 valence electrons. The van der Waals surface area contributed by atoms with Gasteiger partial charge in [-0.15, -0.1) is 0 Å². The highest BCUT2D eigenvalue weighted by atomic mass is 32.2. The molecule has 0 aliphatic carbocycles. The van der Waals surface area contributed by atoms with Crippen LogP contribution in [0.3, 0.4) is 0 Å². The molecule has 0 bridgehead atoms. The van der Waals surface area contributed by atoms with Gasteiger partial charge in [0.1, 0.15) is 0 Å². The second-order valence-electron chi connectivity index (χ2n) is 5.21. The van der Waals surface area contributed by atoms with Gasteiger partial charge in [-0.1, -0.05) is 30.3 Å². The van der Waals surface area contributed by atoms with E-state index in [1.165, 1.54) is 0 Å². The van der Waals surface area contributed by atoms with Crippen LogP contribution in [0.5, 0.6) is 0 Å². The van der Waals surface area contributed by atoms with Crippen molar-refractivity contribution < 1.29 is 13.2 Å². The van der Waals surface area contributed by atoms with Gasteiger partial charge in [-0.3, -0.25) is 4.79 Å². The zero-order valence-corrected chi connectivity index (χ0v) is 13.9. The summed E-state index contributed by atoms with van der Waals surface area (Å²) in [5.41, 5.74) is 8.46. The molecule has 0 saturated heterocycles. The molecule has 2 rings (SSSR count). The van der Waals surface area contributed by atoms with Crippen LogP contribution in [0.15, 0.2) is 46.3 Å². The molecule has 0 aromatic heterocycles. The first-order chi connectivity index (χ1) is 10.8. The van der Waals surface area contributed by atoms with Gasteiger partial charge in [-0.2, -0.15) is 0 Å². The fraction of sp³-hybridized carbons (Fsp3) is 0.176. The van der Waals surface area contributed by atoms with E-state index in [0.717, 1.165) is 17.4 Å². The average molecular weight is 330 g/mol. The topological polar surface area (TPSA) is 89.6 Å². The Morgan fingerprint density at radius 1 is 1.17 bits per heavy atom. The highest BCUT2D eigenvalue weighted by Crippen LogP contribution is 2.34. The zero-order valence-electron chi connectivity index (χ0n) is 13.0. The Bertz CT molecular complexity index is 887. The second kappa shape index (κ2) is 6.44. The van der Waals surface area contributed by atoms with Gasteiger partial charge in [0.05, 0.1) is 4.90 Å². The van der Waals surface area contributed by atoms with E-state index >= 15 is 0 Å².